The van der Waals surface area contributed by atoms with Crippen LogP contribution in [0.4, 0.5) is 0 Å². The molecule has 4 nitrogen and oxygen atoms in total. The molecule has 0 N–H and O–H groups in total. The minimum absolute atomic E-state index is 0.192. The zero-order chi connectivity index (χ0) is 30.6. The molecular weight excluding hydrogens is 537 g/mol. The monoisotopic (exact) mass is 576 g/mol. The minimum atomic E-state index is -0.192. The van der Waals surface area contributed by atoms with Crippen LogP contribution in [0.15, 0.2) is 83.5 Å². The molecule has 1 atom stereocenters. The van der Waals surface area contributed by atoms with E-state index >= 15 is 0 Å². The average molecular weight is 577 g/mol. The Morgan fingerprint density at radius 3 is 2.43 bits per heavy atom. The summed E-state index contributed by atoms with van der Waals surface area (Å²) in [6, 6.07) is 24.2. The van der Waals surface area contributed by atoms with Crippen molar-refractivity contribution in [3.05, 3.63) is 113 Å². The van der Waals surface area contributed by atoms with Crippen LogP contribution in [0.2, 0.25) is 0 Å². The van der Waals surface area contributed by atoms with Gasteiger partial charge in [-0.2, -0.15) is 4.57 Å². The summed E-state index contributed by atoms with van der Waals surface area (Å²) in [5.41, 5.74) is 13.8. The van der Waals surface area contributed by atoms with Gasteiger partial charge < -0.3 is 4.42 Å². The fourth-order valence-electron chi connectivity index (χ4n) is 7.14. The van der Waals surface area contributed by atoms with E-state index in [0.29, 0.717) is 0 Å². The first-order chi connectivity index (χ1) is 21.3. The number of furan rings is 1. The van der Waals surface area contributed by atoms with Crippen LogP contribution in [-0.2, 0) is 11.7 Å². The first-order valence-corrected chi connectivity index (χ1v) is 16.0. The fourth-order valence-corrected chi connectivity index (χ4v) is 7.14. The summed E-state index contributed by atoms with van der Waals surface area (Å²) >= 11 is 0. The standard InChI is InChI=1S/C24H22BN2O.C15H17N/c1-14-5-6-19-18-8-7-17-15(2)27-12-9-16(24(25)10-3-4-11-24)13-20(27)21(17)22(18)28-23(19)26-14;1-4-13-9-11(2)5-7-14(13)15-8-6-12(3)10-16-15/h5-9,12-13,15H,3-4,10-11H2,1-2H3;5-10H,4H2,1-3H3/q+1;. The first-order valence-electron chi connectivity index (χ1n) is 16.0. The highest BCUT2D eigenvalue weighted by Crippen LogP contribution is 2.44. The lowest BCUT2D eigenvalue weighted by Crippen LogP contribution is -2.37. The van der Waals surface area contributed by atoms with Crippen molar-refractivity contribution >= 4 is 29.9 Å². The van der Waals surface area contributed by atoms with Crippen molar-refractivity contribution in [1.29, 1.82) is 0 Å². The van der Waals surface area contributed by atoms with Crippen LogP contribution in [0.3, 0.4) is 0 Å². The van der Waals surface area contributed by atoms with Gasteiger partial charge in [0.1, 0.15) is 0 Å². The summed E-state index contributed by atoms with van der Waals surface area (Å²) in [7, 11) is 6.78. The number of hydrogen-bond acceptors (Lipinski definition) is 3. The highest BCUT2D eigenvalue weighted by molar-refractivity contribution is 6.16. The number of aryl methyl sites for hydroxylation is 4. The molecule has 0 amide bonds. The quantitative estimate of drug-likeness (QED) is 0.156. The smallest absolute Gasteiger partial charge is 0.227 e. The van der Waals surface area contributed by atoms with Crippen LogP contribution < -0.4 is 4.57 Å². The van der Waals surface area contributed by atoms with Gasteiger partial charge in [0.2, 0.25) is 11.4 Å². The number of hydrogen-bond donors (Lipinski definition) is 0. The van der Waals surface area contributed by atoms with Gasteiger partial charge in [0.25, 0.3) is 0 Å². The fraction of sp³-hybridized carbons (Fsp3) is 0.308. The van der Waals surface area contributed by atoms with E-state index in [2.05, 4.69) is 109 Å². The molecule has 8 rings (SSSR count). The Kier molecular flexibility index (Phi) is 7.15. The summed E-state index contributed by atoms with van der Waals surface area (Å²) in [5.74, 6) is 0. The molecular formula is C39H39BN3O+. The number of nitrogens with zero attached hydrogens (tertiary/aromatic N) is 3. The highest BCUT2D eigenvalue weighted by atomic mass is 16.3. The molecule has 0 bridgehead atoms. The van der Waals surface area contributed by atoms with Crippen LogP contribution in [0.5, 0.6) is 0 Å². The van der Waals surface area contributed by atoms with Crippen LogP contribution >= 0.6 is 0 Å². The predicted octanol–water partition coefficient (Wildman–Crippen LogP) is 9.03. The van der Waals surface area contributed by atoms with Gasteiger partial charge in [-0.3, -0.25) is 4.98 Å². The van der Waals surface area contributed by atoms with Crippen LogP contribution in [0, 0.1) is 20.8 Å². The molecule has 2 radical (unpaired) electrons. The molecule has 1 saturated carbocycles. The van der Waals surface area contributed by atoms with Crippen molar-refractivity contribution in [2.75, 3.05) is 0 Å². The number of benzene rings is 2. The molecule has 44 heavy (non-hydrogen) atoms. The Balaban J connectivity index is 0.000000167. The lowest BCUT2D eigenvalue weighted by Gasteiger charge is -2.24. The Labute approximate surface area is 261 Å². The lowest BCUT2D eigenvalue weighted by molar-refractivity contribution is -0.694. The largest absolute Gasteiger partial charge is 0.437 e. The Bertz CT molecular complexity index is 2020. The van der Waals surface area contributed by atoms with E-state index in [1.165, 1.54) is 57.5 Å². The second kappa shape index (κ2) is 11.0. The average Bonchev–Trinajstić information content (AvgIpc) is 3.71. The number of fused-ring (bicyclic) bond motifs is 7. The van der Waals surface area contributed by atoms with E-state index < -0.39 is 0 Å². The third-order valence-corrected chi connectivity index (χ3v) is 9.69. The van der Waals surface area contributed by atoms with Crippen molar-refractivity contribution in [2.24, 2.45) is 0 Å². The van der Waals surface area contributed by atoms with Gasteiger partial charge in [-0.05, 0) is 73.5 Å². The van der Waals surface area contributed by atoms with E-state index in [-0.39, 0.29) is 11.4 Å². The molecule has 1 aliphatic heterocycles. The maximum Gasteiger partial charge on any atom is 0.227 e. The van der Waals surface area contributed by atoms with Gasteiger partial charge in [-0.15, -0.1) is 0 Å². The Hall–Kier alpha value is -4.25. The molecule has 2 aliphatic rings. The van der Waals surface area contributed by atoms with E-state index in [4.69, 9.17) is 12.3 Å². The van der Waals surface area contributed by atoms with Crippen LogP contribution in [0.1, 0.15) is 79.1 Å². The normalized spacial score (nSPS) is 16.5. The van der Waals surface area contributed by atoms with Crippen molar-refractivity contribution in [3.8, 4) is 22.5 Å². The second-order valence-electron chi connectivity index (χ2n) is 12.8. The summed E-state index contributed by atoms with van der Waals surface area (Å²) in [5, 5.41) is 2.02. The Morgan fingerprint density at radius 1 is 0.909 bits per heavy atom. The molecule has 1 unspecified atom stereocenters. The lowest BCUT2D eigenvalue weighted by atomic mass is 9.63. The zero-order valence-electron chi connectivity index (χ0n) is 26.4. The van der Waals surface area contributed by atoms with E-state index in [9.17, 15) is 0 Å². The summed E-state index contributed by atoms with van der Waals surface area (Å²) in [6.45, 7) is 10.6. The van der Waals surface area contributed by atoms with E-state index in [0.717, 1.165) is 52.7 Å². The molecule has 1 aliphatic carbocycles. The Morgan fingerprint density at radius 2 is 1.68 bits per heavy atom. The summed E-state index contributed by atoms with van der Waals surface area (Å²) < 4.78 is 8.66. The summed E-state index contributed by atoms with van der Waals surface area (Å²) in [6.07, 6.45) is 9.74. The molecule has 4 aromatic heterocycles. The molecule has 1 fully saturated rings. The maximum atomic E-state index is 6.78. The van der Waals surface area contributed by atoms with Gasteiger partial charge in [0.15, 0.2) is 17.8 Å². The van der Waals surface area contributed by atoms with E-state index in [1.54, 1.807) is 0 Å². The molecule has 2 aromatic carbocycles. The van der Waals surface area contributed by atoms with E-state index in [1.807, 2.05) is 19.2 Å². The van der Waals surface area contributed by atoms with Gasteiger partial charge in [-0.25, -0.2) is 4.98 Å². The molecule has 218 valence electrons. The third kappa shape index (κ3) is 4.83. The molecule has 6 aromatic rings. The minimum Gasteiger partial charge on any atom is -0.437 e. The topological polar surface area (TPSA) is 42.8 Å². The van der Waals surface area contributed by atoms with Gasteiger partial charge in [-0.1, -0.05) is 68.5 Å². The number of rotatable bonds is 3. The van der Waals surface area contributed by atoms with Gasteiger partial charge in [0.05, 0.1) is 19.1 Å². The third-order valence-electron chi connectivity index (χ3n) is 9.69. The zero-order valence-corrected chi connectivity index (χ0v) is 26.4. The van der Waals surface area contributed by atoms with Crippen molar-refractivity contribution < 1.29 is 8.98 Å². The molecule has 5 heteroatoms. The van der Waals surface area contributed by atoms with Crippen LogP contribution in [-0.4, -0.2) is 17.8 Å². The highest BCUT2D eigenvalue weighted by Gasteiger charge is 2.39. The predicted molar refractivity (Wildman–Crippen MR) is 180 cm³/mol. The maximum absolute atomic E-state index is 6.78. The van der Waals surface area contributed by atoms with Gasteiger partial charge >= 0.3 is 0 Å². The second-order valence-corrected chi connectivity index (χ2v) is 12.8. The molecule has 5 heterocycles. The van der Waals surface area contributed by atoms with Crippen molar-refractivity contribution in [2.45, 2.75) is 78.1 Å². The van der Waals surface area contributed by atoms with Crippen molar-refractivity contribution in [1.82, 2.24) is 9.97 Å². The summed E-state index contributed by atoms with van der Waals surface area (Å²) in [4.78, 5) is 9.10. The van der Waals surface area contributed by atoms with Crippen LogP contribution in [0.25, 0.3) is 44.6 Å². The number of pyridine rings is 3. The molecule has 0 spiro atoms. The van der Waals surface area contributed by atoms with Crippen molar-refractivity contribution in [3.63, 3.8) is 0 Å². The SMILES string of the molecule is CCc1cc(C)ccc1-c1ccc(C)cn1.[B]C1(c2cc[n+]3c(c2)-c2c(ccc4c2oc2nc(C)ccc24)C3C)CCCC1. The first kappa shape index (κ1) is 28.5. The number of aromatic nitrogens is 3. The molecule has 0 saturated heterocycles. The van der Waals surface area contributed by atoms with Gasteiger partial charge in [0, 0.05) is 52.8 Å².